The largest absolute Gasteiger partial charge is 0.350 e. The summed E-state index contributed by atoms with van der Waals surface area (Å²) in [6.45, 7) is 0.581. The summed E-state index contributed by atoms with van der Waals surface area (Å²) in [5.41, 5.74) is 6.81. The molecule has 0 spiro atoms. The molecule has 0 bridgehead atoms. The Labute approximate surface area is 134 Å². The van der Waals surface area contributed by atoms with Crippen LogP contribution in [0, 0.1) is 3.57 Å². The molecule has 0 atom stereocenters. The van der Waals surface area contributed by atoms with Crippen molar-refractivity contribution in [3.63, 3.8) is 0 Å². The van der Waals surface area contributed by atoms with Crippen molar-refractivity contribution in [2.24, 2.45) is 5.73 Å². The molecule has 0 saturated heterocycles. The lowest BCUT2D eigenvalue weighted by Crippen LogP contribution is -2.51. The van der Waals surface area contributed by atoms with E-state index in [4.69, 9.17) is 5.73 Å². The van der Waals surface area contributed by atoms with Crippen LogP contribution in [0.5, 0.6) is 0 Å². The van der Waals surface area contributed by atoms with E-state index in [1.54, 1.807) is 0 Å². The molecule has 1 aliphatic carbocycles. The van der Waals surface area contributed by atoms with Crippen molar-refractivity contribution in [3.8, 4) is 0 Å². The summed E-state index contributed by atoms with van der Waals surface area (Å²) >= 11 is 2.21. The van der Waals surface area contributed by atoms with Crippen LogP contribution in [0.1, 0.15) is 42.5 Å². The molecule has 3 N–H and O–H groups in total. The van der Waals surface area contributed by atoms with Gasteiger partial charge >= 0.3 is 0 Å². The molecule has 106 valence electrons. The Morgan fingerprint density at radius 2 is 2.00 bits per heavy atom. The third-order valence-electron chi connectivity index (χ3n) is 3.54. The monoisotopic (exact) mass is 394 g/mol. The van der Waals surface area contributed by atoms with Crippen LogP contribution in [0.15, 0.2) is 24.3 Å². The van der Waals surface area contributed by atoms with Crippen LogP contribution in [0.3, 0.4) is 0 Å². The zero-order chi connectivity index (χ0) is 13.0. The molecule has 2 rings (SSSR count). The van der Waals surface area contributed by atoms with Crippen LogP contribution in [0.4, 0.5) is 0 Å². The van der Waals surface area contributed by atoms with Gasteiger partial charge in [-0.15, -0.1) is 12.4 Å². The minimum Gasteiger partial charge on any atom is -0.350 e. The number of rotatable bonds is 3. The van der Waals surface area contributed by atoms with E-state index in [9.17, 15) is 4.79 Å². The van der Waals surface area contributed by atoms with E-state index in [0.717, 1.165) is 16.4 Å². The number of carbonyl (C=O) groups is 1. The first-order chi connectivity index (χ1) is 8.59. The molecular formula is C14H20ClIN2O. The van der Waals surface area contributed by atoms with Gasteiger partial charge < -0.3 is 11.1 Å². The number of hydrogen-bond donors (Lipinski definition) is 2. The van der Waals surface area contributed by atoms with Gasteiger partial charge in [0.2, 0.25) is 0 Å². The molecule has 3 nitrogen and oxygen atoms in total. The molecule has 1 amide bonds. The van der Waals surface area contributed by atoms with Crippen molar-refractivity contribution < 1.29 is 4.79 Å². The van der Waals surface area contributed by atoms with Gasteiger partial charge in [0.05, 0.1) is 0 Å². The Kier molecular flexibility index (Phi) is 6.56. The van der Waals surface area contributed by atoms with Crippen molar-refractivity contribution in [2.75, 3.05) is 6.54 Å². The fraction of sp³-hybridized carbons (Fsp3) is 0.500. The molecule has 1 saturated carbocycles. The lowest BCUT2D eigenvalue weighted by Gasteiger charge is -2.33. The summed E-state index contributed by atoms with van der Waals surface area (Å²) in [4.78, 5) is 12.0. The topological polar surface area (TPSA) is 55.1 Å². The highest BCUT2D eigenvalue weighted by Gasteiger charge is 2.27. The molecule has 0 radical (unpaired) electrons. The summed E-state index contributed by atoms with van der Waals surface area (Å²) in [6, 6.07) is 7.60. The van der Waals surface area contributed by atoms with Crippen molar-refractivity contribution >= 4 is 40.9 Å². The Morgan fingerprint density at radius 1 is 1.32 bits per heavy atom. The van der Waals surface area contributed by atoms with E-state index < -0.39 is 0 Å². The van der Waals surface area contributed by atoms with Crippen molar-refractivity contribution in [1.29, 1.82) is 0 Å². The predicted octanol–water partition coefficient (Wildman–Crippen LogP) is 3.10. The molecule has 1 fully saturated rings. The van der Waals surface area contributed by atoms with E-state index in [1.165, 1.54) is 19.3 Å². The van der Waals surface area contributed by atoms with E-state index in [-0.39, 0.29) is 23.9 Å². The summed E-state index contributed by atoms with van der Waals surface area (Å²) < 4.78 is 1.07. The standard InChI is InChI=1S/C14H19IN2O.ClH/c15-12-6-4-5-11(9-12)13(18)17-10-14(16)7-2-1-3-8-14;/h4-6,9H,1-3,7-8,10,16H2,(H,17,18);1H. The quantitative estimate of drug-likeness (QED) is 0.774. The van der Waals surface area contributed by atoms with Crippen LogP contribution in [0.2, 0.25) is 0 Å². The maximum absolute atomic E-state index is 12.0. The van der Waals surface area contributed by atoms with Crippen molar-refractivity contribution in [3.05, 3.63) is 33.4 Å². The van der Waals surface area contributed by atoms with Gasteiger partial charge in [-0.25, -0.2) is 0 Å². The molecule has 0 aliphatic heterocycles. The normalized spacial score (nSPS) is 17.4. The second kappa shape index (κ2) is 7.45. The molecule has 5 heteroatoms. The Bertz CT molecular complexity index is 433. The number of hydrogen-bond acceptors (Lipinski definition) is 2. The maximum atomic E-state index is 12.0. The van der Waals surface area contributed by atoms with Gasteiger partial charge in [0.25, 0.3) is 5.91 Å². The highest BCUT2D eigenvalue weighted by atomic mass is 127. The number of nitrogens with two attached hydrogens (primary N) is 1. The lowest BCUT2D eigenvalue weighted by atomic mass is 9.82. The zero-order valence-electron chi connectivity index (χ0n) is 10.8. The molecule has 1 aromatic rings. The van der Waals surface area contributed by atoms with Gasteiger partial charge in [0, 0.05) is 21.2 Å². The van der Waals surface area contributed by atoms with Gasteiger partial charge in [-0.1, -0.05) is 25.3 Å². The minimum atomic E-state index is -0.199. The predicted molar refractivity (Wildman–Crippen MR) is 88.7 cm³/mol. The van der Waals surface area contributed by atoms with Crippen molar-refractivity contribution in [2.45, 2.75) is 37.6 Å². The molecule has 0 aromatic heterocycles. The average molecular weight is 395 g/mol. The Morgan fingerprint density at radius 3 is 2.63 bits per heavy atom. The average Bonchev–Trinajstić information content (AvgIpc) is 2.37. The van der Waals surface area contributed by atoms with Crippen LogP contribution >= 0.6 is 35.0 Å². The summed E-state index contributed by atoms with van der Waals surface area (Å²) in [5.74, 6) is -0.0242. The van der Waals surface area contributed by atoms with Crippen molar-refractivity contribution in [1.82, 2.24) is 5.32 Å². The number of nitrogens with one attached hydrogen (secondary N) is 1. The third-order valence-corrected chi connectivity index (χ3v) is 4.21. The van der Waals surface area contributed by atoms with E-state index in [0.29, 0.717) is 12.1 Å². The zero-order valence-corrected chi connectivity index (χ0v) is 13.8. The maximum Gasteiger partial charge on any atom is 0.251 e. The molecular weight excluding hydrogens is 375 g/mol. The fourth-order valence-electron chi connectivity index (χ4n) is 2.42. The minimum absolute atomic E-state index is 0. The van der Waals surface area contributed by atoms with Crippen LogP contribution in [-0.2, 0) is 0 Å². The van der Waals surface area contributed by atoms with Gasteiger partial charge in [0.1, 0.15) is 0 Å². The molecule has 0 heterocycles. The molecule has 1 aliphatic rings. The molecule has 0 unspecified atom stereocenters. The van der Waals surface area contributed by atoms with Gasteiger partial charge in [-0.2, -0.15) is 0 Å². The third kappa shape index (κ3) is 4.93. The van der Waals surface area contributed by atoms with Gasteiger partial charge in [0.15, 0.2) is 0 Å². The van der Waals surface area contributed by atoms with Crippen LogP contribution < -0.4 is 11.1 Å². The fourth-order valence-corrected chi connectivity index (χ4v) is 2.96. The number of carbonyl (C=O) groups excluding carboxylic acids is 1. The van der Waals surface area contributed by atoms with E-state index in [2.05, 4.69) is 27.9 Å². The number of benzene rings is 1. The second-order valence-corrected chi connectivity index (χ2v) is 6.36. The molecule has 1 aromatic carbocycles. The van der Waals surface area contributed by atoms with Crippen LogP contribution in [-0.4, -0.2) is 18.0 Å². The van der Waals surface area contributed by atoms with Crippen LogP contribution in [0.25, 0.3) is 0 Å². The summed E-state index contributed by atoms with van der Waals surface area (Å²) in [5, 5.41) is 2.97. The van der Waals surface area contributed by atoms with Gasteiger partial charge in [-0.05, 0) is 53.6 Å². The van der Waals surface area contributed by atoms with E-state index >= 15 is 0 Å². The highest BCUT2D eigenvalue weighted by Crippen LogP contribution is 2.25. The van der Waals surface area contributed by atoms with E-state index in [1.807, 2.05) is 24.3 Å². The number of amides is 1. The smallest absolute Gasteiger partial charge is 0.251 e. The summed E-state index contributed by atoms with van der Waals surface area (Å²) in [6.07, 6.45) is 5.65. The highest BCUT2D eigenvalue weighted by molar-refractivity contribution is 14.1. The second-order valence-electron chi connectivity index (χ2n) is 5.12. The Balaban J connectivity index is 0.00000180. The number of halogens is 2. The summed E-state index contributed by atoms with van der Waals surface area (Å²) in [7, 11) is 0. The first kappa shape index (κ1) is 16.7. The first-order valence-electron chi connectivity index (χ1n) is 6.42. The Hall–Kier alpha value is -0.330. The lowest BCUT2D eigenvalue weighted by molar-refractivity contribution is 0.0937. The first-order valence-corrected chi connectivity index (χ1v) is 7.50. The molecule has 19 heavy (non-hydrogen) atoms. The van der Waals surface area contributed by atoms with Gasteiger partial charge in [-0.3, -0.25) is 4.79 Å². The SMILES string of the molecule is Cl.NC1(CNC(=O)c2cccc(I)c2)CCCCC1.